The van der Waals surface area contributed by atoms with Gasteiger partial charge in [-0.2, -0.15) is 0 Å². The molecular weight excluding hydrogens is 284 g/mol. The second-order valence-electron chi connectivity index (χ2n) is 7.01. The summed E-state index contributed by atoms with van der Waals surface area (Å²) in [5.74, 6) is 0.956. The van der Waals surface area contributed by atoms with E-state index in [1.165, 1.54) is 24.0 Å². The van der Waals surface area contributed by atoms with E-state index in [4.69, 9.17) is 4.84 Å². The summed E-state index contributed by atoms with van der Waals surface area (Å²) < 4.78 is 0. The first-order chi connectivity index (χ1) is 11.1. The summed E-state index contributed by atoms with van der Waals surface area (Å²) in [4.78, 5) is 7.88. The van der Waals surface area contributed by atoms with Crippen molar-refractivity contribution < 1.29 is 4.84 Å². The maximum absolute atomic E-state index is 5.69. The van der Waals surface area contributed by atoms with Gasteiger partial charge in [0.15, 0.2) is 0 Å². The average Bonchev–Trinajstić information content (AvgIpc) is 2.50. The summed E-state index contributed by atoms with van der Waals surface area (Å²) in [6, 6.07) is 10.5. The maximum Gasteiger partial charge on any atom is 0.120 e. The molecule has 1 aromatic rings. The van der Waals surface area contributed by atoms with E-state index < -0.39 is 0 Å². The molecule has 0 aromatic heterocycles. The predicted octanol–water partition coefficient (Wildman–Crippen LogP) is 4.46. The number of benzene rings is 1. The van der Waals surface area contributed by atoms with E-state index in [0.717, 1.165) is 18.7 Å². The van der Waals surface area contributed by atoms with Crippen molar-refractivity contribution in [3.8, 4) is 0 Å². The van der Waals surface area contributed by atoms with Crippen LogP contribution in [0.15, 0.2) is 41.1 Å². The van der Waals surface area contributed by atoms with E-state index in [1.807, 2.05) is 0 Å². The topological polar surface area (TPSA) is 24.8 Å². The molecule has 0 heterocycles. The molecule has 0 N–H and O–H groups in total. The lowest BCUT2D eigenvalue weighted by Crippen LogP contribution is -2.23. The molecule has 2 atom stereocenters. The molecule has 1 aliphatic carbocycles. The van der Waals surface area contributed by atoms with Crippen LogP contribution in [0.4, 0.5) is 0 Å². The van der Waals surface area contributed by atoms with Crippen LogP contribution >= 0.6 is 0 Å². The Kier molecular flexibility index (Phi) is 6.85. The Hall–Kier alpha value is -1.61. The van der Waals surface area contributed by atoms with Gasteiger partial charge in [-0.3, -0.25) is 0 Å². The Labute approximate surface area is 141 Å². The van der Waals surface area contributed by atoms with Crippen molar-refractivity contribution in [1.29, 1.82) is 0 Å². The molecule has 1 fully saturated rings. The van der Waals surface area contributed by atoms with Gasteiger partial charge < -0.3 is 9.74 Å². The second-order valence-corrected chi connectivity index (χ2v) is 7.01. The van der Waals surface area contributed by atoms with Crippen molar-refractivity contribution in [2.45, 2.75) is 33.1 Å². The Balaban J connectivity index is 2.05. The Morgan fingerprint density at radius 3 is 2.74 bits per heavy atom. The van der Waals surface area contributed by atoms with Gasteiger partial charge in [-0.15, -0.1) is 0 Å². The highest BCUT2D eigenvalue weighted by molar-refractivity contribution is 6.05. The third-order valence-corrected chi connectivity index (χ3v) is 4.22. The van der Waals surface area contributed by atoms with Gasteiger partial charge in [-0.05, 0) is 50.6 Å². The zero-order chi connectivity index (χ0) is 16.7. The summed E-state index contributed by atoms with van der Waals surface area (Å²) in [5, 5.41) is 4.52. The second kappa shape index (κ2) is 8.88. The first-order valence-electron chi connectivity index (χ1n) is 8.67. The molecular formula is C20H30N2O. The van der Waals surface area contributed by atoms with Gasteiger partial charge in [0.25, 0.3) is 0 Å². The smallest absolute Gasteiger partial charge is 0.120 e. The Morgan fingerprint density at radius 1 is 1.30 bits per heavy atom. The van der Waals surface area contributed by atoms with E-state index in [-0.39, 0.29) is 0 Å². The number of hydrogen-bond donors (Lipinski definition) is 0. The number of nitrogens with zero attached hydrogens (tertiary/aromatic N) is 2. The summed E-state index contributed by atoms with van der Waals surface area (Å²) in [6.45, 7) is 6.15. The van der Waals surface area contributed by atoms with E-state index in [2.05, 4.69) is 74.4 Å². The van der Waals surface area contributed by atoms with Gasteiger partial charge in [0.1, 0.15) is 6.61 Å². The minimum Gasteiger partial charge on any atom is -0.395 e. The lowest BCUT2D eigenvalue weighted by Gasteiger charge is -2.23. The fraction of sp³-hybridized carbons (Fsp3) is 0.550. The van der Waals surface area contributed by atoms with Crippen LogP contribution in [0.2, 0.25) is 0 Å². The lowest BCUT2D eigenvalue weighted by atomic mass is 9.84. The van der Waals surface area contributed by atoms with Crippen LogP contribution in [0.1, 0.15) is 38.7 Å². The summed E-state index contributed by atoms with van der Waals surface area (Å²) >= 11 is 0. The van der Waals surface area contributed by atoms with E-state index in [1.54, 1.807) is 0 Å². The Bertz CT molecular complexity index is 534. The van der Waals surface area contributed by atoms with Crippen LogP contribution in [0.3, 0.4) is 0 Å². The molecule has 3 nitrogen and oxygen atoms in total. The van der Waals surface area contributed by atoms with Crippen molar-refractivity contribution in [3.05, 3.63) is 41.5 Å². The van der Waals surface area contributed by atoms with Crippen LogP contribution in [0.5, 0.6) is 0 Å². The molecule has 1 saturated carbocycles. The van der Waals surface area contributed by atoms with Gasteiger partial charge in [-0.25, -0.2) is 0 Å². The van der Waals surface area contributed by atoms with Crippen molar-refractivity contribution >= 4 is 11.8 Å². The van der Waals surface area contributed by atoms with E-state index in [9.17, 15) is 0 Å². The molecule has 1 aliphatic rings. The van der Waals surface area contributed by atoms with Gasteiger partial charge in [-0.1, -0.05) is 49.3 Å². The molecule has 23 heavy (non-hydrogen) atoms. The monoisotopic (exact) mass is 314 g/mol. The van der Waals surface area contributed by atoms with Crippen LogP contribution < -0.4 is 0 Å². The quantitative estimate of drug-likeness (QED) is 0.724. The molecule has 1 unspecified atom stereocenters. The SMILES string of the molecule is CC(CON=C1C(=Cc2ccccc2)CCC[C@@H]1C)CN(C)C. The lowest BCUT2D eigenvalue weighted by molar-refractivity contribution is 0.100. The van der Waals surface area contributed by atoms with E-state index in [0.29, 0.717) is 18.4 Å². The molecule has 1 aromatic carbocycles. The third kappa shape index (κ3) is 5.83. The summed E-state index contributed by atoms with van der Waals surface area (Å²) in [5.41, 5.74) is 3.71. The van der Waals surface area contributed by atoms with Gasteiger partial charge in [0.05, 0.1) is 5.71 Å². The number of allylic oxidation sites excluding steroid dienone is 1. The maximum atomic E-state index is 5.69. The molecule has 3 heteroatoms. The highest BCUT2D eigenvalue weighted by Crippen LogP contribution is 2.28. The minimum absolute atomic E-state index is 0.475. The minimum atomic E-state index is 0.475. The van der Waals surface area contributed by atoms with Crippen molar-refractivity contribution in [1.82, 2.24) is 4.90 Å². The van der Waals surface area contributed by atoms with Crippen LogP contribution in [0, 0.1) is 11.8 Å². The fourth-order valence-electron chi connectivity index (χ4n) is 3.14. The highest BCUT2D eigenvalue weighted by atomic mass is 16.6. The largest absolute Gasteiger partial charge is 0.395 e. The van der Waals surface area contributed by atoms with E-state index >= 15 is 0 Å². The average molecular weight is 314 g/mol. The molecule has 0 bridgehead atoms. The normalized spacial score (nSPS) is 23.4. The fourth-order valence-corrected chi connectivity index (χ4v) is 3.14. The molecule has 126 valence electrons. The van der Waals surface area contributed by atoms with Crippen molar-refractivity contribution in [2.24, 2.45) is 17.0 Å². The number of oxime groups is 1. The molecule has 0 spiro atoms. The molecule has 2 rings (SSSR count). The summed E-state index contributed by atoms with van der Waals surface area (Å²) in [6.07, 6.45) is 5.78. The third-order valence-electron chi connectivity index (χ3n) is 4.22. The van der Waals surface area contributed by atoms with Gasteiger partial charge >= 0.3 is 0 Å². The van der Waals surface area contributed by atoms with Crippen molar-refractivity contribution in [2.75, 3.05) is 27.2 Å². The molecule has 0 saturated heterocycles. The molecule has 0 amide bonds. The first-order valence-corrected chi connectivity index (χ1v) is 8.67. The Morgan fingerprint density at radius 2 is 2.04 bits per heavy atom. The van der Waals surface area contributed by atoms with Crippen LogP contribution in [0.25, 0.3) is 6.08 Å². The standard InChI is InChI=1S/C20H30N2O/c1-16(14-22(3)4)15-23-21-20-17(2)9-8-12-19(20)13-18-10-6-5-7-11-18/h5-7,10-11,13,16-17H,8-9,12,14-15H2,1-4H3/t16?,17-/m0/s1. The van der Waals surface area contributed by atoms with Gasteiger partial charge in [0, 0.05) is 18.4 Å². The van der Waals surface area contributed by atoms with Crippen LogP contribution in [-0.4, -0.2) is 37.9 Å². The zero-order valence-electron chi connectivity index (χ0n) is 15.0. The number of rotatable bonds is 6. The summed E-state index contributed by atoms with van der Waals surface area (Å²) in [7, 11) is 4.18. The number of hydrogen-bond acceptors (Lipinski definition) is 3. The van der Waals surface area contributed by atoms with Crippen LogP contribution in [-0.2, 0) is 4.84 Å². The predicted molar refractivity (Wildman–Crippen MR) is 98.5 cm³/mol. The van der Waals surface area contributed by atoms with Gasteiger partial charge in [0.2, 0.25) is 0 Å². The zero-order valence-corrected chi connectivity index (χ0v) is 15.0. The highest BCUT2D eigenvalue weighted by Gasteiger charge is 2.21. The first kappa shape index (κ1) is 17.7. The molecule has 0 aliphatic heterocycles. The van der Waals surface area contributed by atoms with Crippen molar-refractivity contribution in [3.63, 3.8) is 0 Å². The molecule has 0 radical (unpaired) electrons.